The lowest BCUT2D eigenvalue weighted by Gasteiger charge is -2.17. The molecule has 2 nitrogen and oxygen atoms in total. The number of carbonyl (C=O) groups is 1. The van der Waals surface area contributed by atoms with Gasteiger partial charge in [-0.25, -0.2) is 0 Å². The zero-order valence-corrected chi connectivity index (χ0v) is 10.0. The van der Waals surface area contributed by atoms with Crippen LogP contribution in [0.1, 0.15) is 23.0 Å². The monoisotopic (exact) mass is 237 g/mol. The maximum atomic E-state index is 12.0. The highest BCUT2D eigenvalue weighted by atomic mass is 16.2. The molecule has 0 bridgehead atoms. The van der Waals surface area contributed by atoms with Crippen LogP contribution in [0.15, 0.2) is 60.7 Å². The van der Waals surface area contributed by atoms with Crippen molar-refractivity contribution in [1.82, 2.24) is 5.32 Å². The van der Waals surface area contributed by atoms with Gasteiger partial charge in [0.15, 0.2) is 0 Å². The number of rotatable bonds is 2. The molecule has 0 spiro atoms. The Labute approximate surface area is 107 Å². The number of carbonyl (C=O) groups excluding carboxylic acids is 1. The maximum Gasteiger partial charge on any atom is 0.228 e. The van der Waals surface area contributed by atoms with Gasteiger partial charge in [0.25, 0.3) is 0 Å². The number of amides is 1. The van der Waals surface area contributed by atoms with Crippen LogP contribution in [-0.2, 0) is 4.79 Å². The predicted molar refractivity (Wildman–Crippen MR) is 71.4 cm³/mol. The van der Waals surface area contributed by atoms with E-state index in [1.165, 1.54) is 5.56 Å². The van der Waals surface area contributed by atoms with Crippen molar-refractivity contribution in [1.29, 1.82) is 0 Å². The molecule has 0 saturated carbocycles. The standard InChI is InChI=1S/C16H15NO/c18-16-15(13-9-5-2-6-10-13)14(11-17-16)12-7-3-1-4-8-12/h1-10,14-15H,11H2,(H,17,18)/t14-,15+/m1/s1. The van der Waals surface area contributed by atoms with Gasteiger partial charge in [-0.05, 0) is 11.1 Å². The average molecular weight is 237 g/mol. The molecule has 0 radical (unpaired) electrons. The molecule has 0 unspecified atom stereocenters. The molecule has 2 atom stereocenters. The zero-order chi connectivity index (χ0) is 12.4. The molecule has 2 aromatic carbocycles. The summed E-state index contributed by atoms with van der Waals surface area (Å²) in [4.78, 5) is 12.0. The lowest BCUT2D eigenvalue weighted by atomic mass is 9.84. The fraction of sp³-hybridized carbons (Fsp3) is 0.188. The van der Waals surface area contributed by atoms with Gasteiger partial charge in [0.2, 0.25) is 5.91 Å². The van der Waals surface area contributed by atoms with Crippen LogP contribution in [0, 0.1) is 0 Å². The third-order valence-corrected chi connectivity index (χ3v) is 3.57. The molecule has 1 amide bonds. The van der Waals surface area contributed by atoms with E-state index in [4.69, 9.17) is 0 Å². The largest absolute Gasteiger partial charge is 0.355 e. The fourth-order valence-corrected chi connectivity index (χ4v) is 2.68. The molecule has 2 aromatic rings. The topological polar surface area (TPSA) is 29.1 Å². The fourth-order valence-electron chi connectivity index (χ4n) is 2.68. The summed E-state index contributed by atoms with van der Waals surface area (Å²) in [5.74, 6) is 0.310. The van der Waals surface area contributed by atoms with Crippen LogP contribution < -0.4 is 5.32 Å². The predicted octanol–water partition coefficient (Wildman–Crippen LogP) is 2.68. The highest BCUT2D eigenvalue weighted by molar-refractivity contribution is 5.87. The minimum absolute atomic E-state index is 0.0615. The van der Waals surface area contributed by atoms with Crippen LogP contribution in [0.2, 0.25) is 0 Å². The number of hydrogen-bond donors (Lipinski definition) is 1. The summed E-state index contributed by atoms with van der Waals surface area (Å²) in [6.07, 6.45) is 0. The summed E-state index contributed by atoms with van der Waals surface area (Å²) in [6.45, 7) is 0.725. The van der Waals surface area contributed by atoms with Gasteiger partial charge in [-0.15, -0.1) is 0 Å². The van der Waals surface area contributed by atoms with Crippen molar-refractivity contribution in [2.24, 2.45) is 0 Å². The molecule has 0 aliphatic carbocycles. The van der Waals surface area contributed by atoms with Gasteiger partial charge in [-0.3, -0.25) is 4.79 Å². The van der Waals surface area contributed by atoms with Crippen molar-refractivity contribution in [3.05, 3.63) is 71.8 Å². The summed E-state index contributed by atoms with van der Waals surface area (Å²) >= 11 is 0. The van der Waals surface area contributed by atoms with E-state index < -0.39 is 0 Å². The normalized spacial score (nSPS) is 22.8. The number of nitrogens with one attached hydrogen (secondary N) is 1. The van der Waals surface area contributed by atoms with E-state index >= 15 is 0 Å². The minimum atomic E-state index is -0.0615. The first-order valence-corrected chi connectivity index (χ1v) is 6.24. The van der Waals surface area contributed by atoms with Gasteiger partial charge in [0, 0.05) is 12.5 Å². The van der Waals surface area contributed by atoms with Gasteiger partial charge in [0.1, 0.15) is 0 Å². The Kier molecular flexibility index (Phi) is 2.85. The Morgan fingerprint density at radius 3 is 2.00 bits per heavy atom. The molecule has 1 saturated heterocycles. The van der Waals surface area contributed by atoms with Gasteiger partial charge in [-0.1, -0.05) is 60.7 Å². The Morgan fingerprint density at radius 1 is 0.833 bits per heavy atom. The number of benzene rings is 2. The third-order valence-electron chi connectivity index (χ3n) is 3.57. The summed E-state index contributed by atoms with van der Waals surface area (Å²) in [5, 5.41) is 2.98. The van der Waals surface area contributed by atoms with Crippen molar-refractivity contribution in [3.63, 3.8) is 0 Å². The van der Waals surface area contributed by atoms with Crippen molar-refractivity contribution < 1.29 is 4.79 Å². The molecular weight excluding hydrogens is 222 g/mol. The minimum Gasteiger partial charge on any atom is -0.355 e. The first-order chi connectivity index (χ1) is 8.86. The van der Waals surface area contributed by atoms with Gasteiger partial charge >= 0.3 is 0 Å². The average Bonchev–Trinajstić information content (AvgIpc) is 2.83. The second-order valence-corrected chi connectivity index (χ2v) is 4.65. The molecule has 1 heterocycles. The summed E-state index contributed by atoms with van der Waals surface area (Å²) in [5.41, 5.74) is 2.33. The van der Waals surface area contributed by atoms with E-state index in [2.05, 4.69) is 17.4 Å². The van der Waals surface area contributed by atoms with E-state index in [9.17, 15) is 4.79 Å². The van der Waals surface area contributed by atoms with Crippen molar-refractivity contribution in [2.75, 3.05) is 6.54 Å². The molecule has 1 aliphatic rings. The molecular formula is C16H15NO. The molecule has 1 N–H and O–H groups in total. The summed E-state index contributed by atoms with van der Waals surface area (Å²) in [6, 6.07) is 20.3. The SMILES string of the molecule is O=C1NC[C@H](c2ccccc2)[C@@H]1c1ccccc1. The first-order valence-electron chi connectivity index (χ1n) is 6.24. The first kappa shape index (κ1) is 11.0. The Hall–Kier alpha value is -2.09. The van der Waals surface area contributed by atoms with Crippen molar-refractivity contribution in [3.8, 4) is 0 Å². The quantitative estimate of drug-likeness (QED) is 0.854. The lowest BCUT2D eigenvalue weighted by Crippen LogP contribution is -2.18. The molecule has 1 fully saturated rings. The zero-order valence-electron chi connectivity index (χ0n) is 10.0. The molecule has 18 heavy (non-hydrogen) atoms. The second kappa shape index (κ2) is 4.65. The third kappa shape index (κ3) is 1.90. The van der Waals surface area contributed by atoms with Gasteiger partial charge in [0.05, 0.1) is 5.92 Å². The van der Waals surface area contributed by atoms with Crippen LogP contribution in [0.5, 0.6) is 0 Å². The van der Waals surface area contributed by atoms with Gasteiger partial charge < -0.3 is 5.32 Å². The number of hydrogen-bond acceptors (Lipinski definition) is 1. The smallest absolute Gasteiger partial charge is 0.228 e. The Morgan fingerprint density at radius 2 is 1.39 bits per heavy atom. The highest BCUT2D eigenvalue weighted by Gasteiger charge is 2.36. The van der Waals surface area contributed by atoms with Crippen LogP contribution >= 0.6 is 0 Å². The van der Waals surface area contributed by atoms with E-state index in [0.717, 1.165) is 12.1 Å². The van der Waals surface area contributed by atoms with Crippen LogP contribution in [-0.4, -0.2) is 12.5 Å². The van der Waals surface area contributed by atoms with Gasteiger partial charge in [-0.2, -0.15) is 0 Å². The van der Waals surface area contributed by atoms with E-state index in [-0.39, 0.29) is 17.7 Å². The molecule has 0 aromatic heterocycles. The summed E-state index contributed by atoms with van der Waals surface area (Å²) < 4.78 is 0. The molecule has 3 rings (SSSR count). The van der Waals surface area contributed by atoms with Crippen LogP contribution in [0.4, 0.5) is 0 Å². The second-order valence-electron chi connectivity index (χ2n) is 4.65. The van der Waals surface area contributed by atoms with E-state index in [0.29, 0.717) is 0 Å². The van der Waals surface area contributed by atoms with Crippen LogP contribution in [0.25, 0.3) is 0 Å². The molecule has 2 heteroatoms. The van der Waals surface area contributed by atoms with E-state index in [1.54, 1.807) is 0 Å². The Bertz CT molecular complexity index is 536. The van der Waals surface area contributed by atoms with Crippen molar-refractivity contribution >= 4 is 5.91 Å². The molecule has 90 valence electrons. The van der Waals surface area contributed by atoms with Crippen molar-refractivity contribution in [2.45, 2.75) is 11.8 Å². The summed E-state index contributed by atoms with van der Waals surface area (Å²) in [7, 11) is 0. The highest BCUT2D eigenvalue weighted by Crippen LogP contribution is 2.36. The molecule has 1 aliphatic heterocycles. The van der Waals surface area contributed by atoms with E-state index in [1.807, 2.05) is 48.5 Å². The Balaban J connectivity index is 1.98. The maximum absolute atomic E-state index is 12.0. The lowest BCUT2D eigenvalue weighted by molar-refractivity contribution is -0.120. The van der Waals surface area contributed by atoms with Crippen LogP contribution in [0.3, 0.4) is 0 Å².